The molecule has 0 aliphatic heterocycles. The third-order valence-electron chi connectivity index (χ3n) is 13.3. The summed E-state index contributed by atoms with van der Waals surface area (Å²) in [6.07, 6.45) is 3.70. The quantitative estimate of drug-likeness (QED) is 0.157. The zero-order valence-corrected chi connectivity index (χ0v) is 35.9. The monoisotopic (exact) mass is 837 g/mol. The molecule has 0 bridgehead atoms. The van der Waals surface area contributed by atoms with Gasteiger partial charge >= 0.3 is 0 Å². The van der Waals surface area contributed by atoms with Crippen molar-refractivity contribution in [3.05, 3.63) is 237 Å². The second-order valence-corrected chi connectivity index (χ2v) is 17.1. The molecule has 0 unspecified atom stereocenters. The van der Waals surface area contributed by atoms with Gasteiger partial charge in [0.25, 0.3) is 0 Å². The molecule has 0 N–H and O–H groups in total. The van der Waals surface area contributed by atoms with E-state index in [0.717, 1.165) is 61.5 Å². The molecule has 0 saturated heterocycles. The van der Waals surface area contributed by atoms with E-state index in [1.165, 1.54) is 64.6 Å². The zero-order valence-electron chi connectivity index (χ0n) is 35.9. The van der Waals surface area contributed by atoms with Gasteiger partial charge < -0.3 is 0 Å². The molecule has 0 aliphatic carbocycles. The lowest BCUT2D eigenvalue weighted by atomic mass is 9.89. The van der Waals surface area contributed by atoms with Crippen LogP contribution >= 0.6 is 0 Å². The van der Waals surface area contributed by atoms with Gasteiger partial charge in [0.15, 0.2) is 5.82 Å². The molecule has 2 aromatic heterocycles. The van der Waals surface area contributed by atoms with Crippen LogP contribution in [0.5, 0.6) is 0 Å². The Bertz CT molecular complexity index is 3780. The number of pyridine rings is 1. The highest BCUT2D eigenvalue weighted by molar-refractivity contribution is 6.27. The molecule has 0 aliphatic rings. The van der Waals surface area contributed by atoms with Gasteiger partial charge in [-0.25, -0.2) is 9.97 Å². The topological polar surface area (TPSA) is 38.7 Å². The lowest BCUT2D eigenvalue weighted by Crippen LogP contribution is -1.97. The maximum Gasteiger partial charge on any atom is 0.160 e. The predicted octanol–water partition coefficient (Wildman–Crippen LogP) is 16.8. The molecule has 3 heteroatoms. The summed E-state index contributed by atoms with van der Waals surface area (Å²) in [5.74, 6) is 0.680. The van der Waals surface area contributed by atoms with E-state index in [0.29, 0.717) is 5.82 Å². The molecule has 11 aromatic carbocycles. The maximum atomic E-state index is 5.36. The average Bonchev–Trinajstić information content (AvgIpc) is 3.41. The molecule has 0 atom stereocenters. The van der Waals surface area contributed by atoms with Gasteiger partial charge in [-0.05, 0) is 140 Å². The number of rotatable bonds is 6. The van der Waals surface area contributed by atoms with Crippen molar-refractivity contribution in [2.45, 2.75) is 0 Å². The minimum Gasteiger partial charge on any atom is -0.264 e. The fourth-order valence-corrected chi connectivity index (χ4v) is 10.1. The summed E-state index contributed by atoms with van der Waals surface area (Å²) in [6.45, 7) is 0. The molecule has 306 valence electrons. The molecule has 13 rings (SSSR count). The van der Waals surface area contributed by atoms with Crippen molar-refractivity contribution in [2.75, 3.05) is 0 Å². The van der Waals surface area contributed by atoms with Crippen molar-refractivity contribution in [3.8, 4) is 67.3 Å². The van der Waals surface area contributed by atoms with E-state index in [1.807, 2.05) is 30.5 Å². The van der Waals surface area contributed by atoms with E-state index in [9.17, 15) is 0 Å². The first kappa shape index (κ1) is 37.7. The summed E-state index contributed by atoms with van der Waals surface area (Å²) in [6, 6.07) is 81.2. The molecule has 0 radical (unpaired) electrons. The van der Waals surface area contributed by atoms with Crippen LogP contribution in [0, 0.1) is 0 Å². The van der Waals surface area contributed by atoms with Crippen molar-refractivity contribution in [2.24, 2.45) is 0 Å². The van der Waals surface area contributed by atoms with Gasteiger partial charge in [-0.15, -0.1) is 0 Å². The Hall–Kier alpha value is -8.79. The predicted molar refractivity (Wildman–Crippen MR) is 277 cm³/mol. The number of aromatic nitrogens is 3. The molecule has 0 saturated carbocycles. The van der Waals surface area contributed by atoms with Crippen LogP contribution in [0.15, 0.2) is 237 Å². The van der Waals surface area contributed by atoms with Gasteiger partial charge in [-0.2, -0.15) is 0 Å². The molecule has 3 nitrogen and oxygen atoms in total. The summed E-state index contributed by atoms with van der Waals surface area (Å²) < 4.78 is 0. The number of benzene rings is 11. The van der Waals surface area contributed by atoms with Gasteiger partial charge in [0, 0.05) is 29.1 Å². The summed E-state index contributed by atoms with van der Waals surface area (Å²) in [5, 5.41) is 15.1. The van der Waals surface area contributed by atoms with E-state index in [4.69, 9.17) is 9.97 Å². The van der Waals surface area contributed by atoms with Crippen LogP contribution in [0.4, 0.5) is 0 Å². The van der Waals surface area contributed by atoms with Gasteiger partial charge in [-0.3, -0.25) is 4.98 Å². The largest absolute Gasteiger partial charge is 0.264 e. The highest BCUT2D eigenvalue weighted by Crippen LogP contribution is 2.42. The van der Waals surface area contributed by atoms with Crippen LogP contribution in [0.25, 0.3) is 132 Å². The van der Waals surface area contributed by atoms with E-state index < -0.39 is 0 Å². The number of hydrogen-bond donors (Lipinski definition) is 0. The minimum atomic E-state index is 0.680. The molecule has 13 aromatic rings. The van der Waals surface area contributed by atoms with Crippen molar-refractivity contribution in [1.29, 1.82) is 0 Å². The van der Waals surface area contributed by atoms with Gasteiger partial charge in [-0.1, -0.05) is 182 Å². The summed E-state index contributed by atoms with van der Waals surface area (Å²) in [4.78, 5) is 14.9. The first-order chi connectivity index (χ1) is 32.7. The summed E-state index contributed by atoms with van der Waals surface area (Å²) in [7, 11) is 0. The Morgan fingerprint density at radius 2 is 0.591 bits per heavy atom. The Kier molecular flexibility index (Phi) is 8.85. The lowest BCUT2D eigenvalue weighted by Gasteiger charge is -2.16. The lowest BCUT2D eigenvalue weighted by molar-refractivity contribution is 1.18. The maximum absolute atomic E-state index is 5.36. The number of fused-ring (bicyclic) bond motifs is 12. The highest BCUT2D eigenvalue weighted by atomic mass is 14.9. The fraction of sp³-hybridized carbons (Fsp3) is 0. The first-order valence-corrected chi connectivity index (χ1v) is 22.5. The van der Waals surface area contributed by atoms with Crippen LogP contribution in [-0.2, 0) is 0 Å². The number of nitrogens with zero attached hydrogens (tertiary/aromatic N) is 3. The van der Waals surface area contributed by atoms with Crippen molar-refractivity contribution >= 4 is 64.6 Å². The minimum absolute atomic E-state index is 0.680. The van der Waals surface area contributed by atoms with Crippen molar-refractivity contribution < 1.29 is 0 Å². The van der Waals surface area contributed by atoms with Crippen LogP contribution in [0.3, 0.4) is 0 Å². The molecule has 0 spiro atoms. The Labute approximate surface area is 382 Å². The molecule has 0 amide bonds. The summed E-state index contributed by atoms with van der Waals surface area (Å²) >= 11 is 0. The van der Waals surface area contributed by atoms with Crippen molar-refractivity contribution in [3.63, 3.8) is 0 Å². The Morgan fingerprint density at radius 3 is 1.06 bits per heavy atom. The first-order valence-electron chi connectivity index (χ1n) is 22.5. The second kappa shape index (κ2) is 15.5. The van der Waals surface area contributed by atoms with E-state index >= 15 is 0 Å². The highest BCUT2D eigenvalue weighted by Gasteiger charge is 2.17. The van der Waals surface area contributed by atoms with Gasteiger partial charge in [0.1, 0.15) is 0 Å². The smallest absolute Gasteiger partial charge is 0.160 e. The normalized spacial score (nSPS) is 11.6. The average molecular weight is 838 g/mol. The SMILES string of the molecule is c1ccc(-c2nc(-c3ccc(-c4cccnc4)cc3)cc(-c3cc(-c4ccc5c6ccccc6c6ccccc6c5c4)cc(-c4ccc5c6ccccc6c6ccccc6c5c4)c3)n2)cc1. The summed E-state index contributed by atoms with van der Waals surface area (Å²) in [5.41, 5.74) is 11.4. The Balaban J connectivity index is 1.05. The van der Waals surface area contributed by atoms with E-state index in [1.54, 1.807) is 6.20 Å². The molecular weight excluding hydrogens is 799 g/mol. The van der Waals surface area contributed by atoms with E-state index in [-0.39, 0.29) is 0 Å². The molecule has 2 heterocycles. The van der Waals surface area contributed by atoms with Crippen LogP contribution in [-0.4, -0.2) is 15.0 Å². The molecule has 66 heavy (non-hydrogen) atoms. The van der Waals surface area contributed by atoms with Crippen molar-refractivity contribution in [1.82, 2.24) is 15.0 Å². The van der Waals surface area contributed by atoms with Crippen LogP contribution < -0.4 is 0 Å². The van der Waals surface area contributed by atoms with Crippen LogP contribution in [0.1, 0.15) is 0 Å². The standard InChI is InChI=1S/C63H39N3/c1-2-13-42(14-3-1)63-65-61(41-26-24-40(25-27-41)45-15-12-32-64-39-45)38-62(66-63)48-34-46(43-28-30-57-53-20-6-4-16-49(53)51-18-8-10-22-55(51)59(57)36-43)33-47(35-48)44-29-31-58-54-21-7-5-17-50(54)52-19-9-11-23-56(52)60(58)37-44/h1-39H. The second-order valence-electron chi connectivity index (χ2n) is 17.1. The fourth-order valence-electron chi connectivity index (χ4n) is 10.1. The van der Waals surface area contributed by atoms with Crippen LogP contribution in [0.2, 0.25) is 0 Å². The zero-order chi connectivity index (χ0) is 43.6. The molecular formula is C63H39N3. The third-order valence-corrected chi connectivity index (χ3v) is 13.3. The third kappa shape index (κ3) is 6.40. The Morgan fingerprint density at radius 1 is 0.212 bits per heavy atom. The molecule has 0 fully saturated rings. The van der Waals surface area contributed by atoms with E-state index in [2.05, 4.69) is 205 Å². The van der Waals surface area contributed by atoms with Gasteiger partial charge in [0.2, 0.25) is 0 Å². The number of hydrogen-bond acceptors (Lipinski definition) is 3. The van der Waals surface area contributed by atoms with Gasteiger partial charge in [0.05, 0.1) is 11.4 Å².